The number of anilines is 1. The van der Waals surface area contributed by atoms with Crippen molar-refractivity contribution in [2.24, 2.45) is 0 Å². The number of benzene rings is 1. The summed E-state index contributed by atoms with van der Waals surface area (Å²) in [4.78, 5) is 49.3. The molecule has 1 unspecified atom stereocenters. The van der Waals surface area contributed by atoms with Gasteiger partial charge in [-0.15, -0.1) is 11.3 Å². The fourth-order valence-corrected chi connectivity index (χ4v) is 4.86. The number of carbonyl (C=O) groups is 4. The van der Waals surface area contributed by atoms with Crippen molar-refractivity contribution in [3.05, 3.63) is 51.4 Å². The Morgan fingerprint density at radius 3 is 2.36 bits per heavy atom. The predicted molar refractivity (Wildman–Crippen MR) is 116 cm³/mol. The topological polar surface area (TPSA) is 122 Å². The number of alkyl carbamates (subject to hydrolysis) is 1. The molecule has 3 rings (SSSR count). The first-order valence-corrected chi connectivity index (χ1v) is 10.8. The zero-order chi connectivity index (χ0) is 24.5. The molecule has 0 fully saturated rings. The van der Waals surface area contributed by atoms with Gasteiger partial charge >= 0.3 is 12.1 Å². The maximum absolute atomic E-state index is 14.3. The lowest BCUT2D eigenvalue weighted by Crippen LogP contribution is -2.37. The molecule has 2 aromatic rings. The molecule has 1 atom stereocenters. The number of thiophene rings is 1. The lowest BCUT2D eigenvalue weighted by Gasteiger charge is -2.19. The smallest absolute Gasteiger partial charge is 0.408 e. The predicted octanol–water partition coefficient (Wildman–Crippen LogP) is 3.83. The van der Waals surface area contributed by atoms with Gasteiger partial charge < -0.3 is 20.5 Å². The highest BCUT2D eigenvalue weighted by Gasteiger charge is 2.37. The van der Waals surface area contributed by atoms with Crippen LogP contribution in [0.3, 0.4) is 0 Å². The largest absolute Gasteiger partial charge is 0.481 e. The Balaban J connectivity index is 1.91. The second-order valence-corrected chi connectivity index (χ2v) is 9.46. The molecule has 0 radical (unpaired) electrons. The Labute approximate surface area is 191 Å². The zero-order valence-corrected chi connectivity index (χ0v) is 18.9. The fraction of sp³-hybridized carbons (Fsp3) is 0.364. The minimum atomic E-state index is -1.10. The summed E-state index contributed by atoms with van der Waals surface area (Å²) in [6.07, 6.45) is -0.404. The molecule has 0 spiro atoms. The Morgan fingerprint density at radius 2 is 1.79 bits per heavy atom. The number of aliphatic carboxylic acids is 1. The van der Waals surface area contributed by atoms with Crippen molar-refractivity contribution in [2.45, 2.75) is 45.1 Å². The number of nitrogens with one attached hydrogen (secondary N) is 2. The van der Waals surface area contributed by atoms with Gasteiger partial charge in [0.15, 0.2) is 0 Å². The molecule has 1 aliphatic rings. The number of rotatable bonds is 6. The Morgan fingerprint density at radius 1 is 1.15 bits per heavy atom. The molecule has 2 amide bonds. The summed E-state index contributed by atoms with van der Waals surface area (Å²) in [6, 6.07) is 2.99. The summed E-state index contributed by atoms with van der Waals surface area (Å²) in [5.74, 6) is -5.86. The molecule has 8 nitrogen and oxygen atoms in total. The van der Waals surface area contributed by atoms with E-state index in [9.17, 15) is 33.1 Å². The average molecular weight is 480 g/mol. The van der Waals surface area contributed by atoms with Crippen LogP contribution in [0.5, 0.6) is 0 Å². The summed E-state index contributed by atoms with van der Waals surface area (Å²) in [7, 11) is 0. The molecular formula is C22H22F2N2O6S. The van der Waals surface area contributed by atoms with Crippen LogP contribution in [-0.4, -0.2) is 41.0 Å². The summed E-state index contributed by atoms with van der Waals surface area (Å²) < 4.78 is 33.6. The van der Waals surface area contributed by atoms with Crippen LogP contribution in [0.1, 0.15) is 59.5 Å². The van der Waals surface area contributed by atoms with Gasteiger partial charge in [0.05, 0.1) is 17.0 Å². The maximum atomic E-state index is 14.3. The number of fused-ring (bicyclic) bond motifs is 1. The van der Waals surface area contributed by atoms with Crippen molar-refractivity contribution in [1.29, 1.82) is 0 Å². The van der Waals surface area contributed by atoms with Gasteiger partial charge in [0.2, 0.25) is 11.7 Å². The molecule has 3 N–H and O–H groups in total. The number of carboxylic acid groups (broad SMARTS) is 1. The highest BCUT2D eigenvalue weighted by atomic mass is 32.1. The van der Waals surface area contributed by atoms with E-state index in [4.69, 9.17) is 4.74 Å². The van der Waals surface area contributed by atoms with Crippen molar-refractivity contribution < 1.29 is 37.8 Å². The third-order valence-corrected chi connectivity index (χ3v) is 6.06. The molecule has 1 aromatic heterocycles. The monoisotopic (exact) mass is 480 g/mol. The first kappa shape index (κ1) is 24.3. The lowest BCUT2D eigenvalue weighted by molar-refractivity contribution is -0.138. The van der Waals surface area contributed by atoms with Crippen LogP contribution in [0.4, 0.5) is 18.6 Å². The van der Waals surface area contributed by atoms with Gasteiger partial charge in [0.1, 0.15) is 28.8 Å². The van der Waals surface area contributed by atoms with E-state index in [2.05, 4.69) is 10.6 Å². The Bertz CT molecular complexity index is 1120. The minimum Gasteiger partial charge on any atom is -0.481 e. The molecule has 1 heterocycles. The molecule has 0 aliphatic heterocycles. The van der Waals surface area contributed by atoms with E-state index in [1.165, 1.54) is 0 Å². The first-order valence-electron chi connectivity index (χ1n) is 10.0. The molecule has 1 aliphatic carbocycles. The number of hydrogen-bond donors (Lipinski definition) is 3. The van der Waals surface area contributed by atoms with Crippen LogP contribution in [0.2, 0.25) is 0 Å². The van der Waals surface area contributed by atoms with Crippen LogP contribution in [0.15, 0.2) is 18.2 Å². The second-order valence-electron chi connectivity index (χ2n) is 8.41. The molecule has 0 saturated heterocycles. The average Bonchev–Trinajstić information content (AvgIpc) is 3.23. The number of amides is 2. The van der Waals surface area contributed by atoms with Crippen molar-refractivity contribution in [3.8, 4) is 0 Å². The highest BCUT2D eigenvalue weighted by molar-refractivity contribution is 7.17. The van der Waals surface area contributed by atoms with Crippen molar-refractivity contribution in [2.75, 3.05) is 11.9 Å². The van der Waals surface area contributed by atoms with Crippen LogP contribution in [0, 0.1) is 11.6 Å². The Hall–Kier alpha value is -3.34. The van der Waals surface area contributed by atoms with E-state index >= 15 is 0 Å². The summed E-state index contributed by atoms with van der Waals surface area (Å²) >= 11 is 0.870. The summed E-state index contributed by atoms with van der Waals surface area (Å²) in [5, 5.41) is 14.2. The third-order valence-electron chi connectivity index (χ3n) is 4.80. The molecular weight excluding hydrogens is 458 g/mol. The molecule has 176 valence electrons. The summed E-state index contributed by atoms with van der Waals surface area (Å²) in [6.45, 7) is 4.46. The first-order chi connectivity index (χ1) is 15.4. The van der Waals surface area contributed by atoms with Gasteiger partial charge in [-0.3, -0.25) is 14.4 Å². The SMILES string of the molecule is CC(C)(C)OC(=O)NCC(=O)Nc1sc2c(c1C(=O)c1c(F)cccc1F)CCC2C(=O)O. The molecule has 0 bridgehead atoms. The standard InChI is InChI=1S/C22H22F2N2O6S/c1-22(2,3)32-21(31)25-9-14(27)26-19-15(10-7-8-11(20(29)30)18(10)33-19)17(28)16-12(23)5-4-6-13(16)24/h4-6,11H,7-9H2,1-3H3,(H,25,31)(H,26,27)(H,29,30). The molecule has 33 heavy (non-hydrogen) atoms. The van der Waals surface area contributed by atoms with E-state index in [1.54, 1.807) is 20.8 Å². The van der Waals surface area contributed by atoms with Gasteiger partial charge in [-0.05, 0) is 51.3 Å². The molecule has 11 heteroatoms. The minimum absolute atomic E-state index is 0.0328. The van der Waals surface area contributed by atoms with Crippen LogP contribution in [0.25, 0.3) is 0 Å². The van der Waals surface area contributed by atoms with E-state index in [-0.39, 0.29) is 23.4 Å². The zero-order valence-electron chi connectivity index (χ0n) is 18.1. The van der Waals surface area contributed by atoms with Crippen molar-refractivity contribution in [1.82, 2.24) is 5.32 Å². The number of ether oxygens (including phenoxy) is 1. The van der Waals surface area contributed by atoms with E-state index < -0.39 is 59.0 Å². The van der Waals surface area contributed by atoms with Crippen molar-refractivity contribution >= 4 is 40.1 Å². The number of carboxylic acids is 1. The number of hydrogen-bond acceptors (Lipinski definition) is 6. The van der Waals surface area contributed by atoms with Gasteiger partial charge in [-0.2, -0.15) is 0 Å². The van der Waals surface area contributed by atoms with E-state index in [0.29, 0.717) is 10.4 Å². The van der Waals surface area contributed by atoms with Crippen LogP contribution >= 0.6 is 11.3 Å². The number of halogens is 2. The quantitative estimate of drug-likeness (QED) is 0.540. The molecule has 1 aromatic carbocycles. The number of carbonyl (C=O) groups excluding carboxylic acids is 3. The highest BCUT2D eigenvalue weighted by Crippen LogP contribution is 2.46. The van der Waals surface area contributed by atoms with Gasteiger partial charge in [0, 0.05) is 4.88 Å². The van der Waals surface area contributed by atoms with Crippen LogP contribution in [-0.2, 0) is 20.7 Å². The van der Waals surface area contributed by atoms with Gasteiger partial charge in [-0.1, -0.05) is 6.07 Å². The normalized spacial score (nSPS) is 15.0. The number of ketones is 1. The van der Waals surface area contributed by atoms with Crippen LogP contribution < -0.4 is 10.6 Å². The molecule has 0 saturated carbocycles. The van der Waals surface area contributed by atoms with Gasteiger partial charge in [-0.25, -0.2) is 13.6 Å². The summed E-state index contributed by atoms with van der Waals surface area (Å²) in [5.41, 5.74) is -1.37. The maximum Gasteiger partial charge on any atom is 0.408 e. The van der Waals surface area contributed by atoms with Gasteiger partial charge in [0.25, 0.3) is 0 Å². The Kier molecular flexibility index (Phi) is 6.82. The lowest BCUT2D eigenvalue weighted by atomic mass is 9.99. The third kappa shape index (κ3) is 5.36. The van der Waals surface area contributed by atoms with E-state index in [1.807, 2.05) is 0 Å². The second kappa shape index (κ2) is 9.26. The van der Waals surface area contributed by atoms with E-state index in [0.717, 1.165) is 29.5 Å². The van der Waals surface area contributed by atoms with Crippen molar-refractivity contribution in [3.63, 3.8) is 0 Å². The fourth-order valence-electron chi connectivity index (χ4n) is 3.47.